The Morgan fingerprint density at radius 1 is 0.464 bits per heavy atom. The first kappa shape index (κ1) is 34.4. The maximum Gasteiger partial charge on any atom is 0.0465 e. The lowest BCUT2D eigenvalue weighted by atomic mass is 9.81. The molecule has 0 radical (unpaired) electrons. The van der Waals surface area contributed by atoms with E-state index in [1.165, 1.54) is 136 Å². The standard InChI is InChI=1S/C55H55N/c1-54(2)49-15-9-8-13-45(49)48-33-40(23-30-50(48)54)44-14-10-16-51-53(44)46-29-28-43(34-52(46)55(51,3)4)56(41-24-19-37(20-25-41)36-11-6-5-7-12-36)42-26-21-38(22-27-42)47-32-35-17-18-39(47)31-35/h8-10,13-16,19-30,33-36,39,47H,5-7,11-12,17-18,31-32H2,1-4H3. The Hall–Kier alpha value is -4.88. The predicted octanol–water partition coefficient (Wildman–Crippen LogP) is 15.4. The summed E-state index contributed by atoms with van der Waals surface area (Å²) in [5.74, 6) is 3.29. The van der Waals surface area contributed by atoms with E-state index < -0.39 is 0 Å². The Labute approximate surface area is 334 Å². The summed E-state index contributed by atoms with van der Waals surface area (Å²) in [6, 6.07) is 50.0. The highest BCUT2D eigenvalue weighted by molar-refractivity contribution is 5.95. The lowest BCUT2D eigenvalue weighted by Crippen LogP contribution is -2.17. The van der Waals surface area contributed by atoms with Gasteiger partial charge in [0.05, 0.1) is 0 Å². The molecule has 5 aliphatic carbocycles. The molecule has 3 unspecified atom stereocenters. The molecule has 2 bridgehead atoms. The molecule has 0 amide bonds. The van der Waals surface area contributed by atoms with Crippen LogP contribution < -0.4 is 4.90 Å². The van der Waals surface area contributed by atoms with E-state index in [4.69, 9.17) is 0 Å². The highest BCUT2D eigenvalue weighted by atomic mass is 15.1. The molecule has 3 saturated carbocycles. The summed E-state index contributed by atoms with van der Waals surface area (Å²) >= 11 is 0. The number of rotatable bonds is 6. The Morgan fingerprint density at radius 3 is 1.86 bits per heavy atom. The number of anilines is 3. The molecule has 5 aliphatic rings. The first-order chi connectivity index (χ1) is 27.3. The van der Waals surface area contributed by atoms with Gasteiger partial charge in [-0.15, -0.1) is 0 Å². The molecule has 1 nitrogen and oxygen atoms in total. The molecule has 0 saturated heterocycles. The fourth-order valence-electron chi connectivity index (χ4n) is 12.3. The van der Waals surface area contributed by atoms with Gasteiger partial charge in [0.15, 0.2) is 0 Å². The molecule has 6 aromatic rings. The van der Waals surface area contributed by atoms with Gasteiger partial charge in [0.25, 0.3) is 0 Å². The zero-order valence-corrected chi connectivity index (χ0v) is 33.7. The van der Waals surface area contributed by atoms with Crippen LogP contribution in [0.25, 0.3) is 33.4 Å². The van der Waals surface area contributed by atoms with E-state index in [1.54, 1.807) is 5.56 Å². The van der Waals surface area contributed by atoms with E-state index in [1.807, 2.05) is 0 Å². The number of fused-ring (bicyclic) bond motifs is 8. The minimum atomic E-state index is -0.135. The van der Waals surface area contributed by atoms with Crippen molar-refractivity contribution in [2.24, 2.45) is 11.8 Å². The highest BCUT2D eigenvalue weighted by Gasteiger charge is 2.41. The number of hydrogen-bond acceptors (Lipinski definition) is 1. The third-order valence-corrected chi connectivity index (χ3v) is 15.4. The second kappa shape index (κ2) is 12.8. The largest absolute Gasteiger partial charge is 0.310 e. The van der Waals surface area contributed by atoms with Gasteiger partial charge in [-0.25, -0.2) is 0 Å². The summed E-state index contributed by atoms with van der Waals surface area (Å²) in [5.41, 5.74) is 20.5. The van der Waals surface area contributed by atoms with Crippen molar-refractivity contribution in [1.82, 2.24) is 0 Å². The smallest absolute Gasteiger partial charge is 0.0465 e. The van der Waals surface area contributed by atoms with Gasteiger partial charge in [-0.1, -0.05) is 138 Å². The third-order valence-electron chi connectivity index (χ3n) is 15.4. The lowest BCUT2D eigenvalue weighted by Gasteiger charge is -2.29. The fourth-order valence-corrected chi connectivity index (χ4v) is 12.3. The topological polar surface area (TPSA) is 3.24 Å². The van der Waals surface area contributed by atoms with Crippen LogP contribution in [-0.2, 0) is 10.8 Å². The molecule has 280 valence electrons. The maximum absolute atomic E-state index is 2.52. The fraction of sp³-hybridized carbons (Fsp3) is 0.345. The molecular weight excluding hydrogens is 675 g/mol. The van der Waals surface area contributed by atoms with E-state index in [2.05, 4.69) is 160 Å². The van der Waals surface area contributed by atoms with Gasteiger partial charge in [0.1, 0.15) is 0 Å². The van der Waals surface area contributed by atoms with Crippen molar-refractivity contribution in [3.8, 4) is 33.4 Å². The van der Waals surface area contributed by atoms with E-state index in [0.717, 1.165) is 17.8 Å². The first-order valence-corrected chi connectivity index (χ1v) is 21.8. The van der Waals surface area contributed by atoms with Crippen LogP contribution in [0.3, 0.4) is 0 Å². The van der Waals surface area contributed by atoms with Crippen molar-refractivity contribution in [3.05, 3.63) is 161 Å². The Morgan fingerprint density at radius 2 is 1.12 bits per heavy atom. The van der Waals surface area contributed by atoms with E-state index >= 15 is 0 Å². The predicted molar refractivity (Wildman–Crippen MR) is 236 cm³/mol. The third kappa shape index (κ3) is 5.25. The van der Waals surface area contributed by atoms with Crippen LogP contribution in [0, 0.1) is 11.8 Å². The van der Waals surface area contributed by atoms with Gasteiger partial charge in [0.2, 0.25) is 0 Å². The zero-order valence-electron chi connectivity index (χ0n) is 33.7. The summed E-state index contributed by atoms with van der Waals surface area (Å²) in [7, 11) is 0. The highest BCUT2D eigenvalue weighted by Crippen LogP contribution is 2.56. The van der Waals surface area contributed by atoms with Crippen molar-refractivity contribution in [3.63, 3.8) is 0 Å². The van der Waals surface area contributed by atoms with Crippen molar-refractivity contribution in [2.45, 2.75) is 108 Å². The van der Waals surface area contributed by atoms with E-state index in [0.29, 0.717) is 5.92 Å². The molecule has 6 aromatic carbocycles. The molecular formula is C55H55N. The van der Waals surface area contributed by atoms with Gasteiger partial charge in [-0.2, -0.15) is 0 Å². The number of nitrogens with zero attached hydrogens (tertiary/aromatic N) is 1. The molecule has 11 rings (SSSR count). The molecule has 3 fully saturated rings. The Kier molecular flexibility index (Phi) is 7.87. The van der Waals surface area contributed by atoms with Gasteiger partial charge in [-0.05, 0) is 165 Å². The molecule has 3 atom stereocenters. The second-order valence-corrected chi connectivity index (χ2v) is 19.1. The maximum atomic E-state index is 2.52. The summed E-state index contributed by atoms with van der Waals surface area (Å²) in [5, 5.41) is 0. The second-order valence-electron chi connectivity index (χ2n) is 19.1. The quantitative estimate of drug-likeness (QED) is 0.165. The average molecular weight is 730 g/mol. The van der Waals surface area contributed by atoms with Gasteiger partial charge >= 0.3 is 0 Å². The summed E-state index contributed by atoms with van der Waals surface area (Å²) in [6.07, 6.45) is 12.5. The monoisotopic (exact) mass is 729 g/mol. The molecule has 56 heavy (non-hydrogen) atoms. The van der Waals surface area contributed by atoms with Crippen LogP contribution >= 0.6 is 0 Å². The van der Waals surface area contributed by atoms with E-state index in [9.17, 15) is 0 Å². The molecule has 0 N–H and O–H groups in total. The molecule has 0 heterocycles. The summed E-state index contributed by atoms with van der Waals surface area (Å²) in [4.78, 5) is 2.52. The SMILES string of the molecule is CC1(C)c2ccccc2-c2cc(-c3cccc4c3-c3ccc(N(c5ccc(C6CCCCC6)cc5)c5ccc(C6CC7CCC6C7)cc5)cc3C4(C)C)ccc21. The van der Waals surface area contributed by atoms with Crippen molar-refractivity contribution in [1.29, 1.82) is 0 Å². The van der Waals surface area contributed by atoms with Crippen molar-refractivity contribution < 1.29 is 0 Å². The Bertz CT molecular complexity index is 2470. The lowest BCUT2D eigenvalue weighted by molar-refractivity contribution is 0.420. The average Bonchev–Trinajstić information content (AvgIpc) is 3.99. The minimum Gasteiger partial charge on any atom is -0.310 e. The summed E-state index contributed by atoms with van der Waals surface area (Å²) < 4.78 is 0. The van der Waals surface area contributed by atoms with Crippen molar-refractivity contribution >= 4 is 17.1 Å². The normalized spacial score (nSPS) is 22.4. The van der Waals surface area contributed by atoms with Crippen LogP contribution in [0.15, 0.2) is 127 Å². The van der Waals surface area contributed by atoms with Crippen LogP contribution in [0.4, 0.5) is 17.1 Å². The van der Waals surface area contributed by atoms with Gasteiger partial charge in [-0.3, -0.25) is 0 Å². The molecule has 1 heteroatoms. The van der Waals surface area contributed by atoms with Gasteiger partial charge in [0, 0.05) is 27.9 Å². The van der Waals surface area contributed by atoms with Crippen LogP contribution in [0.2, 0.25) is 0 Å². The van der Waals surface area contributed by atoms with Crippen LogP contribution in [-0.4, -0.2) is 0 Å². The zero-order chi connectivity index (χ0) is 37.8. The number of hydrogen-bond donors (Lipinski definition) is 0. The van der Waals surface area contributed by atoms with Crippen molar-refractivity contribution in [2.75, 3.05) is 4.90 Å². The molecule has 0 aliphatic heterocycles. The summed E-state index contributed by atoms with van der Waals surface area (Å²) in [6.45, 7) is 9.60. The molecule has 0 aromatic heterocycles. The Balaban J connectivity index is 1.00. The van der Waals surface area contributed by atoms with Crippen LogP contribution in [0.1, 0.15) is 131 Å². The van der Waals surface area contributed by atoms with Crippen LogP contribution in [0.5, 0.6) is 0 Å². The number of benzene rings is 6. The van der Waals surface area contributed by atoms with E-state index in [-0.39, 0.29) is 10.8 Å². The molecule has 0 spiro atoms. The first-order valence-electron chi connectivity index (χ1n) is 21.8. The van der Waals surface area contributed by atoms with Gasteiger partial charge < -0.3 is 4.90 Å². The minimum absolute atomic E-state index is 0.00658.